The van der Waals surface area contributed by atoms with Crippen molar-refractivity contribution in [2.24, 2.45) is 0 Å². The molecule has 0 amide bonds. The zero-order chi connectivity index (χ0) is 13.4. The second kappa shape index (κ2) is 7.98. The predicted octanol–water partition coefficient (Wildman–Crippen LogP) is 3.59. The fourth-order valence-electron chi connectivity index (χ4n) is 1.74. The topological polar surface area (TPSA) is 44.5 Å². The molecular formula is C15H25NO2. The summed E-state index contributed by atoms with van der Waals surface area (Å²) in [6.07, 6.45) is 3.24. The first-order valence-corrected chi connectivity index (χ1v) is 6.66. The first-order valence-electron chi connectivity index (χ1n) is 6.66. The standard InChI is InChI=1S/C15H25NO2/c1-12(2)13-7-8-14(16)15(11-13)18-10-6-4-5-9-17-3/h7-8,11-12H,4-6,9-10,16H2,1-3H3. The van der Waals surface area contributed by atoms with E-state index in [9.17, 15) is 0 Å². The van der Waals surface area contributed by atoms with Crippen LogP contribution in [0.25, 0.3) is 0 Å². The summed E-state index contributed by atoms with van der Waals surface area (Å²) in [6.45, 7) is 5.88. The van der Waals surface area contributed by atoms with Crippen molar-refractivity contribution in [3.05, 3.63) is 23.8 Å². The van der Waals surface area contributed by atoms with E-state index in [1.807, 2.05) is 6.07 Å². The van der Waals surface area contributed by atoms with E-state index in [2.05, 4.69) is 26.0 Å². The molecule has 102 valence electrons. The molecule has 0 fully saturated rings. The van der Waals surface area contributed by atoms with E-state index in [4.69, 9.17) is 15.2 Å². The Hall–Kier alpha value is -1.22. The number of rotatable bonds is 8. The molecule has 1 rings (SSSR count). The zero-order valence-electron chi connectivity index (χ0n) is 11.7. The molecule has 0 unspecified atom stereocenters. The highest BCUT2D eigenvalue weighted by molar-refractivity contribution is 5.54. The van der Waals surface area contributed by atoms with Gasteiger partial charge in [0.05, 0.1) is 12.3 Å². The highest BCUT2D eigenvalue weighted by atomic mass is 16.5. The summed E-state index contributed by atoms with van der Waals surface area (Å²) >= 11 is 0. The molecule has 0 saturated heterocycles. The molecule has 0 spiro atoms. The third kappa shape index (κ3) is 4.96. The number of hydrogen-bond acceptors (Lipinski definition) is 3. The Morgan fingerprint density at radius 2 is 1.83 bits per heavy atom. The van der Waals surface area contributed by atoms with E-state index in [1.165, 1.54) is 5.56 Å². The zero-order valence-corrected chi connectivity index (χ0v) is 11.7. The van der Waals surface area contributed by atoms with Crippen molar-refractivity contribution in [1.82, 2.24) is 0 Å². The molecule has 18 heavy (non-hydrogen) atoms. The largest absolute Gasteiger partial charge is 0.491 e. The Morgan fingerprint density at radius 3 is 2.50 bits per heavy atom. The number of anilines is 1. The Labute approximate surface area is 110 Å². The van der Waals surface area contributed by atoms with Gasteiger partial charge in [-0.25, -0.2) is 0 Å². The number of methoxy groups -OCH3 is 1. The van der Waals surface area contributed by atoms with E-state index in [1.54, 1.807) is 7.11 Å². The first kappa shape index (κ1) is 14.8. The van der Waals surface area contributed by atoms with Crippen LogP contribution in [0, 0.1) is 0 Å². The fourth-order valence-corrected chi connectivity index (χ4v) is 1.74. The lowest BCUT2D eigenvalue weighted by atomic mass is 10.0. The quantitative estimate of drug-likeness (QED) is 0.567. The van der Waals surface area contributed by atoms with Crippen LogP contribution in [0.4, 0.5) is 5.69 Å². The third-order valence-corrected chi connectivity index (χ3v) is 2.95. The molecule has 0 atom stereocenters. The van der Waals surface area contributed by atoms with E-state index < -0.39 is 0 Å². The monoisotopic (exact) mass is 251 g/mol. The van der Waals surface area contributed by atoms with Crippen molar-refractivity contribution < 1.29 is 9.47 Å². The van der Waals surface area contributed by atoms with Gasteiger partial charge in [-0.05, 0) is 42.9 Å². The van der Waals surface area contributed by atoms with Crippen molar-refractivity contribution in [1.29, 1.82) is 0 Å². The van der Waals surface area contributed by atoms with Crippen LogP contribution in [0.5, 0.6) is 5.75 Å². The van der Waals surface area contributed by atoms with Crippen LogP contribution in [0.2, 0.25) is 0 Å². The minimum atomic E-state index is 0.495. The first-order chi connectivity index (χ1) is 8.65. The maximum absolute atomic E-state index is 5.91. The minimum Gasteiger partial charge on any atom is -0.491 e. The molecule has 0 aliphatic rings. The van der Waals surface area contributed by atoms with E-state index >= 15 is 0 Å². The van der Waals surface area contributed by atoms with Crippen LogP contribution in [0.15, 0.2) is 18.2 Å². The minimum absolute atomic E-state index is 0.495. The van der Waals surface area contributed by atoms with E-state index in [0.29, 0.717) is 5.92 Å². The number of benzene rings is 1. The number of hydrogen-bond donors (Lipinski definition) is 1. The van der Waals surface area contributed by atoms with Crippen molar-refractivity contribution in [3.8, 4) is 5.75 Å². The summed E-state index contributed by atoms with van der Waals surface area (Å²) in [5.74, 6) is 1.31. The van der Waals surface area contributed by atoms with Crippen molar-refractivity contribution >= 4 is 5.69 Å². The smallest absolute Gasteiger partial charge is 0.142 e. The van der Waals surface area contributed by atoms with Gasteiger partial charge in [0, 0.05) is 13.7 Å². The predicted molar refractivity (Wildman–Crippen MR) is 76.2 cm³/mol. The van der Waals surface area contributed by atoms with Gasteiger partial charge in [-0.2, -0.15) is 0 Å². The highest BCUT2D eigenvalue weighted by Crippen LogP contribution is 2.26. The summed E-state index contributed by atoms with van der Waals surface area (Å²) in [5.41, 5.74) is 7.89. The number of nitrogen functional groups attached to an aromatic ring is 1. The molecule has 3 heteroatoms. The van der Waals surface area contributed by atoms with Crippen molar-refractivity contribution in [2.45, 2.75) is 39.0 Å². The Morgan fingerprint density at radius 1 is 1.11 bits per heavy atom. The molecule has 1 aromatic carbocycles. The fraction of sp³-hybridized carbons (Fsp3) is 0.600. The summed E-state index contributed by atoms with van der Waals surface area (Å²) in [4.78, 5) is 0. The van der Waals surface area contributed by atoms with Gasteiger partial charge in [0.25, 0.3) is 0 Å². The number of nitrogens with two attached hydrogens (primary N) is 1. The van der Waals surface area contributed by atoms with Crippen LogP contribution in [-0.2, 0) is 4.74 Å². The summed E-state index contributed by atoms with van der Waals surface area (Å²) in [6, 6.07) is 6.04. The van der Waals surface area contributed by atoms with Gasteiger partial charge >= 0.3 is 0 Å². The van der Waals surface area contributed by atoms with Gasteiger partial charge in [-0.15, -0.1) is 0 Å². The Balaban J connectivity index is 2.39. The van der Waals surface area contributed by atoms with Crippen molar-refractivity contribution in [3.63, 3.8) is 0 Å². The van der Waals surface area contributed by atoms with Crippen LogP contribution in [0.1, 0.15) is 44.6 Å². The molecule has 0 aliphatic carbocycles. The van der Waals surface area contributed by atoms with Gasteiger partial charge in [0.1, 0.15) is 5.75 Å². The highest BCUT2D eigenvalue weighted by Gasteiger charge is 2.05. The van der Waals surface area contributed by atoms with Crippen LogP contribution in [-0.4, -0.2) is 20.3 Å². The van der Waals surface area contributed by atoms with Gasteiger partial charge in [0.2, 0.25) is 0 Å². The second-order valence-corrected chi connectivity index (χ2v) is 4.85. The average molecular weight is 251 g/mol. The maximum atomic E-state index is 5.91. The lowest BCUT2D eigenvalue weighted by molar-refractivity contribution is 0.189. The summed E-state index contributed by atoms with van der Waals surface area (Å²) in [7, 11) is 1.73. The summed E-state index contributed by atoms with van der Waals surface area (Å²) in [5, 5.41) is 0. The Bertz CT molecular complexity index is 350. The van der Waals surface area contributed by atoms with Crippen LogP contribution in [0.3, 0.4) is 0 Å². The molecular weight excluding hydrogens is 226 g/mol. The SMILES string of the molecule is COCCCCCOc1cc(C(C)C)ccc1N. The summed E-state index contributed by atoms with van der Waals surface area (Å²) < 4.78 is 10.7. The molecule has 0 saturated carbocycles. The van der Waals surface area contributed by atoms with Crippen molar-refractivity contribution in [2.75, 3.05) is 26.1 Å². The average Bonchev–Trinajstić information content (AvgIpc) is 2.35. The van der Waals surface area contributed by atoms with E-state index in [-0.39, 0.29) is 0 Å². The normalized spacial score (nSPS) is 10.9. The van der Waals surface area contributed by atoms with Gasteiger partial charge in [-0.1, -0.05) is 19.9 Å². The molecule has 0 bridgehead atoms. The Kier molecular flexibility index (Phi) is 6.58. The molecule has 3 nitrogen and oxygen atoms in total. The lowest BCUT2D eigenvalue weighted by Crippen LogP contribution is -2.02. The van der Waals surface area contributed by atoms with Gasteiger partial charge in [-0.3, -0.25) is 0 Å². The lowest BCUT2D eigenvalue weighted by Gasteiger charge is -2.12. The third-order valence-electron chi connectivity index (χ3n) is 2.95. The second-order valence-electron chi connectivity index (χ2n) is 4.85. The molecule has 2 N–H and O–H groups in total. The van der Waals surface area contributed by atoms with Crippen LogP contribution >= 0.6 is 0 Å². The van der Waals surface area contributed by atoms with E-state index in [0.717, 1.165) is 43.9 Å². The van der Waals surface area contributed by atoms with Gasteiger partial charge in [0.15, 0.2) is 0 Å². The molecule has 0 aliphatic heterocycles. The number of unbranched alkanes of at least 4 members (excludes halogenated alkanes) is 2. The van der Waals surface area contributed by atoms with Crippen LogP contribution < -0.4 is 10.5 Å². The molecule has 0 aromatic heterocycles. The molecule has 0 heterocycles. The number of ether oxygens (including phenoxy) is 2. The molecule has 0 radical (unpaired) electrons. The maximum Gasteiger partial charge on any atom is 0.142 e. The molecule has 1 aromatic rings. The van der Waals surface area contributed by atoms with Gasteiger partial charge < -0.3 is 15.2 Å².